The van der Waals surface area contributed by atoms with E-state index in [0.717, 1.165) is 0 Å². The minimum atomic E-state index is -0.575. The van der Waals surface area contributed by atoms with Crippen LogP contribution in [0, 0.1) is 0 Å². The molecule has 2 N–H and O–H groups in total. The van der Waals surface area contributed by atoms with E-state index in [-0.39, 0.29) is 12.5 Å². The molecule has 0 saturated heterocycles. The maximum atomic E-state index is 11.7. The molecule has 0 aliphatic carbocycles. The summed E-state index contributed by atoms with van der Waals surface area (Å²) in [5.41, 5.74) is -0.208. The van der Waals surface area contributed by atoms with Crippen molar-refractivity contribution in [2.45, 2.75) is 25.8 Å². The minimum absolute atomic E-state index is 0.0813. The highest BCUT2D eigenvalue weighted by atomic mass is 16.3. The number of aromatic nitrogens is 2. The van der Waals surface area contributed by atoms with Crippen LogP contribution >= 0.6 is 0 Å². The lowest BCUT2D eigenvalue weighted by Gasteiger charge is -2.26. The topological polar surface area (TPSA) is 67.2 Å². The summed E-state index contributed by atoms with van der Waals surface area (Å²) in [6.45, 7) is 3.63. The second-order valence-corrected chi connectivity index (χ2v) is 3.95. The quantitative estimate of drug-likeness (QED) is 0.753. The molecule has 0 spiro atoms. The maximum Gasteiger partial charge on any atom is 0.271 e. The van der Waals surface area contributed by atoms with Gasteiger partial charge in [0.25, 0.3) is 5.91 Å². The highest BCUT2D eigenvalue weighted by Gasteiger charge is 2.24. The molecule has 1 unspecified atom stereocenters. The molecule has 1 atom stereocenters. The van der Waals surface area contributed by atoms with Gasteiger partial charge in [0.1, 0.15) is 5.69 Å². The van der Waals surface area contributed by atoms with E-state index in [0.29, 0.717) is 12.1 Å². The molecule has 5 nitrogen and oxygen atoms in total. The van der Waals surface area contributed by atoms with E-state index >= 15 is 0 Å². The van der Waals surface area contributed by atoms with Gasteiger partial charge in [-0.15, -0.1) is 0 Å². The predicted octanol–water partition coefficient (Wildman–Crippen LogP) is 0.311. The van der Waals surface area contributed by atoms with Gasteiger partial charge in [0.15, 0.2) is 0 Å². The summed E-state index contributed by atoms with van der Waals surface area (Å²) in [4.78, 5) is 15.6. The molecule has 0 aromatic carbocycles. The fourth-order valence-electron chi connectivity index (χ4n) is 1.11. The summed E-state index contributed by atoms with van der Waals surface area (Å²) in [6.07, 6.45) is 3.88. The van der Waals surface area contributed by atoms with Crippen LogP contribution in [0.1, 0.15) is 30.8 Å². The maximum absolute atomic E-state index is 11.7. The average molecular weight is 211 g/mol. The lowest BCUT2D eigenvalue weighted by Crippen LogP contribution is -2.48. The monoisotopic (exact) mass is 211 g/mol. The van der Waals surface area contributed by atoms with E-state index in [1.165, 1.54) is 0 Å². The number of nitrogens with one attached hydrogen (secondary N) is 1. The van der Waals surface area contributed by atoms with E-state index in [1.807, 2.05) is 6.92 Å². The summed E-state index contributed by atoms with van der Waals surface area (Å²) < 4.78 is 1.71. The van der Waals surface area contributed by atoms with Crippen LogP contribution in [0.5, 0.6) is 0 Å². The molecular weight excluding hydrogens is 194 g/mol. The molecule has 1 rings (SSSR count). The number of carbonyl (C=O) groups excluding carboxylic acids is 1. The summed E-state index contributed by atoms with van der Waals surface area (Å²) in [5.74, 6) is -0.256. The molecule has 0 bridgehead atoms. The van der Waals surface area contributed by atoms with Crippen LogP contribution in [0.2, 0.25) is 0 Å². The van der Waals surface area contributed by atoms with Gasteiger partial charge >= 0.3 is 0 Å². The van der Waals surface area contributed by atoms with Gasteiger partial charge in [0, 0.05) is 13.2 Å². The van der Waals surface area contributed by atoms with Crippen molar-refractivity contribution in [3.63, 3.8) is 0 Å². The molecule has 1 aromatic heterocycles. The molecule has 84 valence electrons. The molecule has 1 aromatic rings. The summed E-state index contributed by atoms with van der Waals surface area (Å²) in [6, 6.07) is 0. The predicted molar refractivity (Wildman–Crippen MR) is 56.5 cm³/mol. The second-order valence-electron chi connectivity index (χ2n) is 3.95. The Kier molecular flexibility index (Phi) is 3.47. The van der Waals surface area contributed by atoms with Crippen molar-refractivity contribution < 1.29 is 9.90 Å². The second kappa shape index (κ2) is 4.44. The smallest absolute Gasteiger partial charge is 0.271 e. The van der Waals surface area contributed by atoms with Crippen LogP contribution in [0.4, 0.5) is 0 Å². The van der Waals surface area contributed by atoms with Crippen molar-refractivity contribution >= 4 is 5.91 Å². The molecule has 0 saturated carbocycles. The Labute approximate surface area is 89.1 Å². The number of hydrogen-bond acceptors (Lipinski definition) is 3. The van der Waals surface area contributed by atoms with Crippen LogP contribution in [0.3, 0.4) is 0 Å². The Morgan fingerprint density at radius 3 is 2.80 bits per heavy atom. The zero-order valence-electron chi connectivity index (χ0n) is 9.32. The number of amides is 1. The van der Waals surface area contributed by atoms with Gasteiger partial charge in [-0.25, -0.2) is 4.98 Å². The van der Waals surface area contributed by atoms with E-state index in [1.54, 1.807) is 31.1 Å². The third-order valence-corrected chi connectivity index (χ3v) is 2.48. The molecule has 5 heteroatoms. The van der Waals surface area contributed by atoms with Crippen molar-refractivity contribution in [2.24, 2.45) is 7.05 Å². The first-order valence-corrected chi connectivity index (χ1v) is 4.92. The van der Waals surface area contributed by atoms with Gasteiger partial charge in [0.05, 0.1) is 18.5 Å². The van der Waals surface area contributed by atoms with Crippen LogP contribution < -0.4 is 5.32 Å². The van der Waals surface area contributed by atoms with Crippen molar-refractivity contribution in [1.82, 2.24) is 14.9 Å². The lowest BCUT2D eigenvalue weighted by molar-refractivity contribution is 0.0842. The fraction of sp³-hybridized carbons (Fsp3) is 0.600. The minimum Gasteiger partial charge on any atom is -0.394 e. The molecule has 15 heavy (non-hydrogen) atoms. The molecule has 0 aliphatic rings. The summed E-state index contributed by atoms with van der Waals surface area (Å²) in [7, 11) is 1.80. The third-order valence-electron chi connectivity index (χ3n) is 2.48. The van der Waals surface area contributed by atoms with E-state index < -0.39 is 5.54 Å². The van der Waals surface area contributed by atoms with Gasteiger partial charge < -0.3 is 15.0 Å². The largest absolute Gasteiger partial charge is 0.394 e. The molecule has 0 aliphatic heterocycles. The number of hydrogen-bond donors (Lipinski definition) is 2. The van der Waals surface area contributed by atoms with Crippen LogP contribution in [-0.2, 0) is 7.05 Å². The highest BCUT2D eigenvalue weighted by Crippen LogP contribution is 2.08. The first kappa shape index (κ1) is 11.7. The number of aryl methyl sites for hydroxylation is 1. The van der Waals surface area contributed by atoms with Crippen molar-refractivity contribution in [2.75, 3.05) is 6.61 Å². The van der Waals surface area contributed by atoms with Gasteiger partial charge in [-0.05, 0) is 13.3 Å². The summed E-state index contributed by atoms with van der Waals surface area (Å²) >= 11 is 0. The van der Waals surface area contributed by atoms with Crippen molar-refractivity contribution in [3.05, 3.63) is 18.2 Å². The number of aliphatic hydroxyl groups excluding tert-OH is 1. The molecule has 1 heterocycles. The number of carbonyl (C=O) groups is 1. The Balaban J connectivity index is 2.71. The van der Waals surface area contributed by atoms with Gasteiger partial charge in [-0.2, -0.15) is 0 Å². The number of nitrogens with zero attached hydrogens (tertiary/aromatic N) is 2. The zero-order chi connectivity index (χ0) is 11.5. The van der Waals surface area contributed by atoms with E-state index in [4.69, 9.17) is 5.11 Å². The van der Waals surface area contributed by atoms with Crippen LogP contribution in [0.15, 0.2) is 12.5 Å². The molecule has 1 amide bonds. The van der Waals surface area contributed by atoms with Crippen molar-refractivity contribution in [1.29, 1.82) is 0 Å². The van der Waals surface area contributed by atoms with Crippen LogP contribution in [0.25, 0.3) is 0 Å². The Bertz CT molecular complexity index is 342. The fourth-order valence-corrected chi connectivity index (χ4v) is 1.11. The first-order chi connectivity index (χ1) is 7.00. The van der Waals surface area contributed by atoms with Crippen LogP contribution in [-0.4, -0.2) is 32.7 Å². The molecule has 0 fully saturated rings. The average Bonchev–Trinajstić information content (AvgIpc) is 2.65. The number of aliphatic hydroxyl groups is 1. The van der Waals surface area contributed by atoms with Crippen molar-refractivity contribution in [3.8, 4) is 0 Å². The Morgan fingerprint density at radius 2 is 2.40 bits per heavy atom. The van der Waals surface area contributed by atoms with Gasteiger partial charge in [-0.3, -0.25) is 4.79 Å². The standard InChI is InChI=1S/C10H17N3O2/c1-4-10(2,6-14)12-9(15)8-5-13(3)7-11-8/h5,7,14H,4,6H2,1-3H3,(H,12,15). The summed E-state index contributed by atoms with van der Waals surface area (Å²) in [5, 5.41) is 11.9. The third kappa shape index (κ3) is 2.79. The highest BCUT2D eigenvalue weighted by molar-refractivity contribution is 5.92. The first-order valence-electron chi connectivity index (χ1n) is 4.92. The number of rotatable bonds is 4. The lowest BCUT2D eigenvalue weighted by atomic mass is 10.0. The van der Waals surface area contributed by atoms with E-state index in [9.17, 15) is 4.79 Å². The Morgan fingerprint density at radius 1 is 1.73 bits per heavy atom. The number of imidazole rings is 1. The molecule has 0 radical (unpaired) electrons. The SMILES string of the molecule is CCC(C)(CO)NC(=O)c1cn(C)cn1. The van der Waals surface area contributed by atoms with Gasteiger partial charge in [-0.1, -0.05) is 6.92 Å². The van der Waals surface area contributed by atoms with E-state index in [2.05, 4.69) is 10.3 Å². The zero-order valence-corrected chi connectivity index (χ0v) is 9.32. The van der Waals surface area contributed by atoms with Gasteiger partial charge in [0.2, 0.25) is 0 Å². The molecular formula is C10H17N3O2. The Hall–Kier alpha value is -1.36. The normalized spacial score (nSPS) is 14.7.